The molecule has 0 fully saturated rings. The lowest BCUT2D eigenvalue weighted by molar-refractivity contribution is -0.116. The smallest absolute Gasteiger partial charge is 0.224 e. The van der Waals surface area contributed by atoms with E-state index in [4.69, 9.17) is 4.42 Å². The Hall–Kier alpha value is -3.74. The third-order valence-electron chi connectivity index (χ3n) is 6.28. The zero-order chi connectivity index (χ0) is 23.5. The van der Waals surface area contributed by atoms with E-state index in [9.17, 15) is 9.18 Å². The van der Waals surface area contributed by atoms with Crippen molar-refractivity contribution in [2.24, 2.45) is 0 Å². The molecule has 1 N–H and O–H groups in total. The first-order chi connectivity index (χ1) is 16.6. The maximum Gasteiger partial charge on any atom is 0.224 e. The van der Waals surface area contributed by atoms with Crippen LogP contribution in [-0.2, 0) is 24.2 Å². The van der Waals surface area contributed by atoms with Gasteiger partial charge in [-0.25, -0.2) is 4.39 Å². The third-order valence-corrected chi connectivity index (χ3v) is 6.28. The molecule has 1 amide bonds. The highest BCUT2D eigenvalue weighted by Gasteiger charge is 2.17. The number of carbonyl (C=O) groups excluding carboxylic acids is 1. The summed E-state index contributed by atoms with van der Waals surface area (Å²) in [6.07, 6.45) is 5.11. The third kappa shape index (κ3) is 4.64. The molecule has 174 valence electrons. The first kappa shape index (κ1) is 22.1. The number of hydrogen-bond donors (Lipinski definition) is 1. The number of carbonyl (C=O) groups is 1. The van der Waals surface area contributed by atoms with Gasteiger partial charge in [0.2, 0.25) is 5.91 Å². The molecule has 2 aromatic carbocycles. The lowest BCUT2D eigenvalue weighted by Gasteiger charge is -2.12. The van der Waals surface area contributed by atoms with E-state index in [0.29, 0.717) is 23.5 Å². The van der Waals surface area contributed by atoms with Crippen LogP contribution in [0.3, 0.4) is 0 Å². The highest BCUT2D eigenvalue weighted by molar-refractivity contribution is 5.92. The van der Waals surface area contributed by atoms with Gasteiger partial charge < -0.3 is 14.3 Å². The van der Waals surface area contributed by atoms with E-state index in [0.717, 1.165) is 54.3 Å². The molecule has 0 saturated heterocycles. The van der Waals surface area contributed by atoms with Gasteiger partial charge in [0.15, 0.2) is 5.82 Å². The zero-order valence-electron chi connectivity index (χ0n) is 19.2. The number of furan rings is 1. The number of hydrogen-bond acceptors (Lipinski definition) is 4. The lowest BCUT2D eigenvalue weighted by atomic mass is 10.1. The highest BCUT2D eigenvalue weighted by atomic mass is 19.1. The summed E-state index contributed by atoms with van der Waals surface area (Å²) in [4.78, 5) is 12.7. The number of halogens is 1. The van der Waals surface area contributed by atoms with Crippen molar-refractivity contribution in [3.05, 3.63) is 77.6 Å². The van der Waals surface area contributed by atoms with E-state index >= 15 is 0 Å². The van der Waals surface area contributed by atoms with Crippen LogP contribution in [0.2, 0.25) is 0 Å². The Kier molecular flexibility index (Phi) is 6.25. The molecule has 0 spiro atoms. The Morgan fingerprint density at radius 2 is 1.97 bits per heavy atom. The number of rotatable bonds is 6. The predicted molar refractivity (Wildman–Crippen MR) is 129 cm³/mol. The molecule has 34 heavy (non-hydrogen) atoms. The Bertz CT molecular complexity index is 1320. The molecule has 4 aromatic rings. The molecule has 1 aliphatic heterocycles. The van der Waals surface area contributed by atoms with Gasteiger partial charge in [-0.05, 0) is 55.7 Å². The lowest BCUT2D eigenvalue weighted by Crippen LogP contribution is -2.13. The average molecular weight is 459 g/mol. The van der Waals surface area contributed by atoms with Crippen molar-refractivity contribution in [2.75, 3.05) is 5.32 Å². The van der Waals surface area contributed by atoms with Crippen LogP contribution in [0.4, 0.5) is 10.1 Å². The second kappa shape index (κ2) is 9.63. The number of aromatic nitrogens is 3. The van der Waals surface area contributed by atoms with Crippen LogP contribution in [0.1, 0.15) is 42.8 Å². The molecule has 0 saturated carbocycles. The number of nitrogens with zero attached hydrogens (tertiary/aromatic N) is 3. The number of nitrogens with one attached hydrogen (secondary N) is 1. The van der Waals surface area contributed by atoms with Gasteiger partial charge in [-0.3, -0.25) is 4.79 Å². The molecule has 1 aliphatic rings. The van der Waals surface area contributed by atoms with Crippen LogP contribution in [-0.4, -0.2) is 20.7 Å². The van der Waals surface area contributed by atoms with E-state index < -0.39 is 0 Å². The Morgan fingerprint density at radius 3 is 2.85 bits per heavy atom. The van der Waals surface area contributed by atoms with Gasteiger partial charge in [0.25, 0.3) is 0 Å². The first-order valence-electron chi connectivity index (χ1n) is 11.7. The largest absolute Gasteiger partial charge is 0.461 e. The fourth-order valence-corrected chi connectivity index (χ4v) is 4.36. The van der Waals surface area contributed by atoms with Gasteiger partial charge in [0.05, 0.1) is 5.56 Å². The molecule has 5 rings (SSSR count). The zero-order valence-corrected chi connectivity index (χ0v) is 19.2. The molecule has 3 heterocycles. The van der Waals surface area contributed by atoms with E-state index in [1.165, 1.54) is 12.5 Å². The van der Waals surface area contributed by atoms with Crippen LogP contribution >= 0.6 is 0 Å². The van der Waals surface area contributed by atoms with Gasteiger partial charge in [0, 0.05) is 37.1 Å². The van der Waals surface area contributed by atoms with E-state index in [-0.39, 0.29) is 18.1 Å². The number of benzene rings is 2. The van der Waals surface area contributed by atoms with E-state index in [2.05, 4.69) is 20.1 Å². The number of amides is 1. The number of anilines is 1. The van der Waals surface area contributed by atoms with Crippen molar-refractivity contribution in [3.8, 4) is 22.7 Å². The van der Waals surface area contributed by atoms with E-state index in [1.807, 2.05) is 25.1 Å². The fourth-order valence-electron chi connectivity index (χ4n) is 4.36. The van der Waals surface area contributed by atoms with Gasteiger partial charge in [0.1, 0.15) is 23.2 Å². The fraction of sp³-hybridized carbons (Fsp3) is 0.296. The van der Waals surface area contributed by atoms with Crippen molar-refractivity contribution < 1.29 is 13.6 Å². The van der Waals surface area contributed by atoms with Crippen molar-refractivity contribution in [1.29, 1.82) is 0 Å². The standard InChI is InChI=1S/C27H27FN4O2/c1-18-10-11-19(27-31-30-25-9-3-2-6-16-32(25)27)17-23(18)29-26(33)15-13-20-12-14-24(34-20)21-7-4-5-8-22(21)28/h4-5,7-8,10-12,14,17H,2-3,6,9,13,15-16H2,1H3,(H,29,33). The molecule has 0 aliphatic carbocycles. The Balaban J connectivity index is 1.26. The Labute approximate surface area is 197 Å². The first-order valence-corrected chi connectivity index (χ1v) is 11.7. The highest BCUT2D eigenvalue weighted by Crippen LogP contribution is 2.28. The van der Waals surface area contributed by atoms with E-state index in [1.54, 1.807) is 30.3 Å². The van der Waals surface area contributed by atoms with Crippen LogP contribution < -0.4 is 5.32 Å². The minimum absolute atomic E-state index is 0.107. The molecular weight excluding hydrogens is 431 g/mol. The van der Waals surface area contributed by atoms with Gasteiger partial charge in [-0.2, -0.15) is 0 Å². The summed E-state index contributed by atoms with van der Waals surface area (Å²) < 4.78 is 22.0. The SMILES string of the molecule is Cc1ccc(-c2nnc3n2CCCCC3)cc1NC(=O)CCc1ccc(-c2ccccc2F)o1. The molecule has 6 nitrogen and oxygen atoms in total. The summed E-state index contributed by atoms with van der Waals surface area (Å²) in [5, 5.41) is 11.8. The summed E-state index contributed by atoms with van der Waals surface area (Å²) in [6, 6.07) is 16.0. The minimum atomic E-state index is -0.332. The second-order valence-electron chi connectivity index (χ2n) is 8.73. The topological polar surface area (TPSA) is 73.0 Å². The number of fused-ring (bicyclic) bond motifs is 1. The van der Waals surface area contributed by atoms with Crippen LogP contribution in [0, 0.1) is 12.7 Å². The minimum Gasteiger partial charge on any atom is -0.461 e. The predicted octanol–water partition coefficient (Wildman–Crippen LogP) is 5.95. The molecule has 0 unspecified atom stereocenters. The van der Waals surface area contributed by atoms with Crippen LogP contribution in [0.25, 0.3) is 22.7 Å². The monoisotopic (exact) mass is 458 g/mol. The summed E-state index contributed by atoms with van der Waals surface area (Å²) in [5.41, 5.74) is 3.10. The normalized spacial score (nSPS) is 13.4. The molecule has 7 heteroatoms. The quantitative estimate of drug-likeness (QED) is 0.387. The summed E-state index contributed by atoms with van der Waals surface area (Å²) >= 11 is 0. The molecule has 2 aromatic heterocycles. The summed E-state index contributed by atoms with van der Waals surface area (Å²) in [5.74, 6) is 2.55. The maximum atomic E-state index is 14.0. The van der Waals surface area contributed by atoms with Crippen LogP contribution in [0.15, 0.2) is 59.0 Å². The van der Waals surface area contributed by atoms with Gasteiger partial charge in [-0.1, -0.05) is 30.7 Å². The number of aryl methyl sites for hydroxylation is 3. The van der Waals surface area contributed by atoms with Crippen molar-refractivity contribution in [3.63, 3.8) is 0 Å². The summed E-state index contributed by atoms with van der Waals surface area (Å²) in [7, 11) is 0. The van der Waals surface area contributed by atoms with Crippen molar-refractivity contribution in [2.45, 2.75) is 52.0 Å². The van der Waals surface area contributed by atoms with Crippen molar-refractivity contribution in [1.82, 2.24) is 14.8 Å². The van der Waals surface area contributed by atoms with Crippen LogP contribution in [0.5, 0.6) is 0 Å². The van der Waals surface area contributed by atoms with Gasteiger partial charge >= 0.3 is 0 Å². The maximum absolute atomic E-state index is 14.0. The molecule has 0 radical (unpaired) electrons. The molecular formula is C27H27FN4O2. The summed E-state index contributed by atoms with van der Waals surface area (Å²) in [6.45, 7) is 2.89. The Morgan fingerprint density at radius 1 is 1.09 bits per heavy atom. The molecule has 0 atom stereocenters. The van der Waals surface area contributed by atoms with Crippen molar-refractivity contribution >= 4 is 11.6 Å². The molecule has 0 bridgehead atoms. The second-order valence-corrected chi connectivity index (χ2v) is 8.73. The van der Waals surface area contributed by atoms with Gasteiger partial charge in [-0.15, -0.1) is 10.2 Å². The average Bonchev–Trinajstić information content (AvgIpc) is 3.40.